The monoisotopic (exact) mass is 334 g/mol. The maximum Gasteiger partial charge on any atom is 0.328 e. The van der Waals surface area contributed by atoms with Crippen molar-refractivity contribution in [3.8, 4) is 0 Å². The van der Waals surface area contributed by atoms with Crippen molar-refractivity contribution in [3.63, 3.8) is 0 Å². The first-order valence-electron chi connectivity index (χ1n) is 8.74. The van der Waals surface area contributed by atoms with Gasteiger partial charge in [0.05, 0.1) is 18.9 Å². The van der Waals surface area contributed by atoms with E-state index in [2.05, 4.69) is 23.3 Å². The minimum atomic E-state index is -1.26. The Balaban J connectivity index is 0.000000183. The van der Waals surface area contributed by atoms with E-state index in [-0.39, 0.29) is 0 Å². The summed E-state index contributed by atoms with van der Waals surface area (Å²) in [5.74, 6) is 0.695. The van der Waals surface area contributed by atoms with Crippen molar-refractivity contribution in [2.75, 3.05) is 13.6 Å². The van der Waals surface area contributed by atoms with Crippen molar-refractivity contribution < 1.29 is 19.8 Å². The Hall–Kier alpha value is -1.85. The van der Waals surface area contributed by atoms with E-state index in [9.17, 15) is 9.59 Å². The van der Waals surface area contributed by atoms with Crippen molar-refractivity contribution in [2.45, 2.75) is 44.6 Å². The summed E-state index contributed by atoms with van der Waals surface area (Å²) in [4.78, 5) is 26.0. The molecule has 5 aliphatic rings. The van der Waals surface area contributed by atoms with Gasteiger partial charge in [-0.05, 0) is 61.7 Å². The number of likely N-dealkylation sites (N-methyl/N-ethyl adjacent to an activating group) is 1. The largest absolute Gasteiger partial charge is 0.478 e. The first-order chi connectivity index (χ1) is 11.4. The predicted molar refractivity (Wildman–Crippen MR) is 89.9 cm³/mol. The van der Waals surface area contributed by atoms with E-state index in [1.165, 1.54) is 19.3 Å². The molecular formula is C18H26N2O4. The molecule has 0 aromatic rings. The van der Waals surface area contributed by atoms with Gasteiger partial charge in [-0.1, -0.05) is 0 Å². The number of aliphatic imine (C=N–C) groups is 1. The van der Waals surface area contributed by atoms with Gasteiger partial charge in [0, 0.05) is 19.2 Å². The van der Waals surface area contributed by atoms with E-state index < -0.39 is 11.9 Å². The molecule has 1 aliphatic heterocycles. The Kier molecular flexibility index (Phi) is 4.65. The first kappa shape index (κ1) is 17.0. The van der Waals surface area contributed by atoms with Crippen LogP contribution in [0, 0.1) is 23.2 Å². The van der Waals surface area contributed by atoms with Crippen LogP contribution >= 0.6 is 0 Å². The second kappa shape index (κ2) is 6.57. The zero-order valence-corrected chi connectivity index (χ0v) is 14.1. The van der Waals surface area contributed by atoms with Crippen molar-refractivity contribution in [2.24, 2.45) is 28.2 Å². The Morgan fingerprint density at radius 3 is 1.83 bits per heavy atom. The lowest BCUT2D eigenvalue weighted by molar-refractivity contribution is -0.134. The fraction of sp³-hybridized carbons (Fsp3) is 0.722. The highest BCUT2D eigenvalue weighted by molar-refractivity contribution is 5.89. The van der Waals surface area contributed by atoms with Crippen LogP contribution in [0.4, 0.5) is 0 Å². The molecule has 0 aromatic heterocycles. The summed E-state index contributed by atoms with van der Waals surface area (Å²) in [5, 5.41) is 15.6. The van der Waals surface area contributed by atoms with Crippen molar-refractivity contribution in [1.29, 1.82) is 0 Å². The number of rotatable bonds is 3. The molecule has 4 fully saturated rings. The zero-order valence-electron chi connectivity index (χ0n) is 14.1. The summed E-state index contributed by atoms with van der Waals surface area (Å²) in [6.07, 6.45) is 12.4. The summed E-state index contributed by atoms with van der Waals surface area (Å²) in [6, 6.07) is 0.737. The Bertz CT molecular complexity index is 518. The van der Waals surface area contributed by atoms with Crippen LogP contribution in [-0.2, 0) is 9.59 Å². The van der Waals surface area contributed by atoms with Crippen molar-refractivity contribution in [1.82, 2.24) is 4.90 Å². The van der Waals surface area contributed by atoms with Crippen molar-refractivity contribution in [3.05, 3.63) is 12.2 Å². The van der Waals surface area contributed by atoms with Crippen LogP contribution in [0.15, 0.2) is 17.1 Å². The lowest BCUT2D eigenvalue weighted by Gasteiger charge is -2.59. The van der Waals surface area contributed by atoms with Crippen LogP contribution in [0.5, 0.6) is 0 Å². The van der Waals surface area contributed by atoms with Gasteiger partial charge in [-0.15, -0.1) is 0 Å². The molecule has 6 heteroatoms. The highest BCUT2D eigenvalue weighted by Gasteiger charge is 2.55. The standard InChI is InChI=1S/C14H22N2.C4H4O4/c1-16-9-15-8-13(16)14-5-10-2-11(6-14)4-12(3-10)7-14;5-3(6)1-2-4(7)8/h9-13H,2-8H2,1H3;1-2H,(H,5,6)(H,7,8)/b;2-1+. The van der Waals surface area contributed by atoms with Crippen LogP contribution < -0.4 is 0 Å². The Labute approximate surface area is 142 Å². The van der Waals surface area contributed by atoms with Gasteiger partial charge in [0.1, 0.15) is 0 Å². The van der Waals surface area contributed by atoms with Gasteiger partial charge in [-0.25, -0.2) is 9.59 Å². The van der Waals surface area contributed by atoms with Crippen molar-refractivity contribution >= 4 is 18.3 Å². The Morgan fingerprint density at radius 1 is 1.04 bits per heavy atom. The number of aliphatic carboxylic acids is 2. The zero-order chi connectivity index (χ0) is 17.3. The minimum Gasteiger partial charge on any atom is -0.478 e. The molecule has 132 valence electrons. The molecule has 4 aliphatic carbocycles. The SMILES string of the molecule is CN1C=NCC1C12CC3CC(CC(C3)C1)C2.O=C(O)/C=C/C(=O)O. The number of carboxylic acids is 2. The summed E-state index contributed by atoms with van der Waals surface area (Å²) >= 11 is 0. The summed E-state index contributed by atoms with van der Waals surface area (Å²) in [7, 11) is 2.24. The molecule has 0 amide bonds. The second-order valence-corrected chi connectivity index (χ2v) is 7.95. The van der Waals surface area contributed by atoms with E-state index in [4.69, 9.17) is 10.2 Å². The third-order valence-corrected chi connectivity index (χ3v) is 6.19. The van der Waals surface area contributed by atoms with Gasteiger partial charge in [0.25, 0.3) is 0 Å². The van der Waals surface area contributed by atoms with E-state index >= 15 is 0 Å². The van der Waals surface area contributed by atoms with Gasteiger partial charge >= 0.3 is 11.9 Å². The minimum absolute atomic E-state index is 0.558. The molecular weight excluding hydrogens is 308 g/mol. The average Bonchev–Trinajstić information content (AvgIpc) is 2.91. The summed E-state index contributed by atoms with van der Waals surface area (Å²) in [6.45, 7) is 1.07. The van der Waals surface area contributed by atoms with Crippen LogP contribution in [0.25, 0.3) is 0 Å². The van der Waals surface area contributed by atoms with Gasteiger partial charge < -0.3 is 15.1 Å². The molecule has 6 nitrogen and oxygen atoms in total. The molecule has 2 N–H and O–H groups in total. The lowest BCUT2D eigenvalue weighted by atomic mass is 9.47. The number of carboxylic acid groups (broad SMARTS) is 2. The molecule has 0 spiro atoms. The van der Waals surface area contributed by atoms with Gasteiger partial charge in [-0.3, -0.25) is 4.99 Å². The van der Waals surface area contributed by atoms with Crippen LogP contribution in [0.2, 0.25) is 0 Å². The third-order valence-electron chi connectivity index (χ3n) is 6.19. The maximum absolute atomic E-state index is 9.55. The summed E-state index contributed by atoms with van der Waals surface area (Å²) in [5.41, 5.74) is 0.653. The summed E-state index contributed by atoms with van der Waals surface area (Å²) < 4.78 is 0. The molecule has 1 heterocycles. The highest BCUT2D eigenvalue weighted by atomic mass is 16.4. The molecule has 0 saturated heterocycles. The lowest BCUT2D eigenvalue weighted by Crippen LogP contribution is -2.55. The third kappa shape index (κ3) is 3.47. The first-order valence-corrected chi connectivity index (χ1v) is 8.74. The molecule has 0 radical (unpaired) electrons. The van der Waals surface area contributed by atoms with E-state index in [0.29, 0.717) is 17.6 Å². The molecule has 5 rings (SSSR count). The van der Waals surface area contributed by atoms with Crippen LogP contribution in [-0.4, -0.2) is 53.0 Å². The fourth-order valence-electron chi connectivity index (χ4n) is 5.84. The van der Waals surface area contributed by atoms with Crippen LogP contribution in [0.1, 0.15) is 38.5 Å². The second-order valence-electron chi connectivity index (χ2n) is 7.95. The highest BCUT2D eigenvalue weighted by Crippen LogP contribution is 2.62. The molecule has 1 atom stereocenters. The van der Waals surface area contributed by atoms with E-state index in [0.717, 1.165) is 30.3 Å². The average molecular weight is 334 g/mol. The van der Waals surface area contributed by atoms with Crippen LogP contribution in [0.3, 0.4) is 0 Å². The number of nitrogens with zero attached hydrogens (tertiary/aromatic N) is 2. The topological polar surface area (TPSA) is 90.2 Å². The molecule has 4 saturated carbocycles. The normalized spacial score (nSPS) is 39.1. The fourth-order valence-corrected chi connectivity index (χ4v) is 5.84. The van der Waals surface area contributed by atoms with E-state index in [1.807, 2.05) is 0 Å². The molecule has 1 unspecified atom stereocenters. The predicted octanol–water partition coefficient (Wildman–Crippen LogP) is 2.26. The van der Waals surface area contributed by atoms with Gasteiger partial charge in [0.2, 0.25) is 0 Å². The maximum atomic E-state index is 9.55. The molecule has 24 heavy (non-hydrogen) atoms. The molecule has 0 aromatic carbocycles. The van der Waals surface area contributed by atoms with E-state index in [1.54, 1.807) is 19.3 Å². The smallest absolute Gasteiger partial charge is 0.328 e. The number of hydrogen-bond acceptors (Lipinski definition) is 4. The van der Waals surface area contributed by atoms with Gasteiger partial charge in [-0.2, -0.15) is 0 Å². The number of hydrogen-bond donors (Lipinski definition) is 2. The Morgan fingerprint density at radius 2 is 1.50 bits per heavy atom. The quantitative estimate of drug-likeness (QED) is 0.773. The van der Waals surface area contributed by atoms with Gasteiger partial charge in [0.15, 0.2) is 0 Å². The number of carbonyl (C=O) groups is 2. The molecule has 4 bridgehead atoms.